The zero-order valence-electron chi connectivity index (χ0n) is 15.4. The molecule has 0 aliphatic heterocycles. The molecule has 3 heteroatoms. The van der Waals surface area contributed by atoms with E-state index in [1.54, 1.807) is 6.08 Å². The van der Waals surface area contributed by atoms with Gasteiger partial charge >= 0.3 is 5.97 Å². The lowest BCUT2D eigenvalue weighted by molar-refractivity contribution is -0.131. The van der Waals surface area contributed by atoms with Crippen molar-refractivity contribution in [1.29, 1.82) is 0 Å². The van der Waals surface area contributed by atoms with Crippen molar-refractivity contribution in [2.24, 2.45) is 35.5 Å². The first-order valence-electron chi connectivity index (χ1n) is 9.25. The molecule has 1 unspecified atom stereocenters. The molecule has 2 aliphatic carbocycles. The van der Waals surface area contributed by atoms with E-state index in [0.29, 0.717) is 35.5 Å². The number of carbonyl (C=O) groups is 1. The largest absolute Gasteiger partial charge is 0.478 e. The highest BCUT2D eigenvalue weighted by atomic mass is 16.4. The number of aliphatic hydroxyl groups is 1. The maximum atomic E-state index is 10.7. The van der Waals surface area contributed by atoms with E-state index in [9.17, 15) is 9.90 Å². The molecule has 24 heavy (non-hydrogen) atoms. The van der Waals surface area contributed by atoms with Gasteiger partial charge in [0.2, 0.25) is 0 Å². The standard InChI is InChI=1S/C21H32O3/c1-5-13(2)20-15(4)12-17-18(22)11-10-14(3)21(17)16(20)8-6-7-9-19(23)24/h5-9,14-18,20-22H,10-12H2,1-4H3,(H,23,24)/b8-6+,9-7+,13-5-/t14-,15-,16+,17-,18-,20?,21-/m0/s1. The maximum absolute atomic E-state index is 10.7. The van der Waals surface area contributed by atoms with E-state index >= 15 is 0 Å². The van der Waals surface area contributed by atoms with E-state index in [4.69, 9.17) is 5.11 Å². The topological polar surface area (TPSA) is 57.5 Å². The summed E-state index contributed by atoms with van der Waals surface area (Å²) in [6.07, 6.45) is 12.0. The van der Waals surface area contributed by atoms with Crippen LogP contribution in [0.15, 0.2) is 36.0 Å². The van der Waals surface area contributed by atoms with Gasteiger partial charge in [0.15, 0.2) is 0 Å². The van der Waals surface area contributed by atoms with Gasteiger partial charge in [0, 0.05) is 6.08 Å². The average molecular weight is 332 g/mol. The highest BCUT2D eigenvalue weighted by molar-refractivity contribution is 5.80. The Morgan fingerprint density at radius 2 is 1.83 bits per heavy atom. The molecule has 3 nitrogen and oxygen atoms in total. The summed E-state index contributed by atoms with van der Waals surface area (Å²) in [4.78, 5) is 10.7. The summed E-state index contributed by atoms with van der Waals surface area (Å²) in [7, 11) is 0. The Hall–Kier alpha value is -1.35. The van der Waals surface area contributed by atoms with Crippen LogP contribution in [0.5, 0.6) is 0 Å². The first-order valence-corrected chi connectivity index (χ1v) is 9.25. The number of hydrogen-bond acceptors (Lipinski definition) is 2. The molecule has 0 amide bonds. The SMILES string of the molecule is C/C=C(/C)C1[C@@H](/C=C/C=C/C(=O)O)[C@H]2[C@@H](C[C@@H]1C)[C@@H](O)CC[C@@H]2C. The van der Waals surface area contributed by atoms with Crippen molar-refractivity contribution >= 4 is 5.97 Å². The van der Waals surface area contributed by atoms with Crippen LogP contribution in [0, 0.1) is 35.5 Å². The van der Waals surface area contributed by atoms with Gasteiger partial charge in [-0.05, 0) is 68.6 Å². The zero-order valence-corrected chi connectivity index (χ0v) is 15.4. The number of allylic oxidation sites excluding steroid dienone is 5. The predicted molar refractivity (Wildman–Crippen MR) is 97.5 cm³/mol. The second-order valence-electron chi connectivity index (χ2n) is 7.79. The van der Waals surface area contributed by atoms with Crippen molar-refractivity contribution in [2.45, 2.75) is 53.1 Å². The molecule has 0 aromatic heterocycles. The Morgan fingerprint density at radius 1 is 1.12 bits per heavy atom. The van der Waals surface area contributed by atoms with Crippen LogP contribution >= 0.6 is 0 Å². The molecule has 0 aromatic rings. The summed E-state index contributed by atoms with van der Waals surface area (Å²) in [5, 5.41) is 19.3. The molecule has 7 atom stereocenters. The van der Waals surface area contributed by atoms with Crippen molar-refractivity contribution < 1.29 is 15.0 Å². The fourth-order valence-electron chi connectivity index (χ4n) is 5.22. The fourth-order valence-corrected chi connectivity index (χ4v) is 5.22. The smallest absolute Gasteiger partial charge is 0.328 e. The number of fused-ring (bicyclic) bond motifs is 1. The van der Waals surface area contributed by atoms with E-state index < -0.39 is 5.97 Å². The van der Waals surface area contributed by atoms with Crippen LogP contribution in [0.4, 0.5) is 0 Å². The van der Waals surface area contributed by atoms with Crippen molar-refractivity contribution in [3.63, 3.8) is 0 Å². The molecule has 0 spiro atoms. The van der Waals surface area contributed by atoms with Crippen LogP contribution in [0.1, 0.15) is 47.0 Å². The van der Waals surface area contributed by atoms with Crippen LogP contribution in [-0.4, -0.2) is 22.3 Å². The summed E-state index contributed by atoms with van der Waals surface area (Å²) in [6.45, 7) is 8.92. The van der Waals surface area contributed by atoms with Gasteiger partial charge in [0.1, 0.15) is 0 Å². The quantitative estimate of drug-likeness (QED) is 0.454. The number of hydrogen-bond donors (Lipinski definition) is 2. The summed E-state index contributed by atoms with van der Waals surface area (Å²) >= 11 is 0. The third-order valence-corrected chi connectivity index (χ3v) is 6.34. The second-order valence-corrected chi connectivity index (χ2v) is 7.79. The van der Waals surface area contributed by atoms with Crippen LogP contribution in [0.25, 0.3) is 0 Å². The van der Waals surface area contributed by atoms with E-state index in [2.05, 4.69) is 39.8 Å². The minimum absolute atomic E-state index is 0.189. The average Bonchev–Trinajstić information content (AvgIpc) is 2.53. The second kappa shape index (κ2) is 8.15. The summed E-state index contributed by atoms with van der Waals surface area (Å²) in [5.74, 6) is 1.87. The normalized spacial score (nSPS) is 40.9. The first kappa shape index (κ1) is 19.0. The van der Waals surface area contributed by atoms with Gasteiger partial charge in [-0.25, -0.2) is 4.79 Å². The maximum Gasteiger partial charge on any atom is 0.328 e. The van der Waals surface area contributed by atoms with Crippen molar-refractivity contribution in [2.75, 3.05) is 0 Å². The molecule has 2 saturated carbocycles. The van der Waals surface area contributed by atoms with Crippen LogP contribution in [0.2, 0.25) is 0 Å². The Balaban J connectivity index is 2.36. The molecule has 0 saturated heterocycles. The van der Waals surface area contributed by atoms with Crippen LogP contribution in [0.3, 0.4) is 0 Å². The van der Waals surface area contributed by atoms with Gasteiger partial charge in [-0.1, -0.05) is 43.7 Å². The van der Waals surface area contributed by atoms with E-state index in [1.807, 2.05) is 6.08 Å². The molecule has 0 aromatic carbocycles. The molecular weight excluding hydrogens is 300 g/mol. The van der Waals surface area contributed by atoms with Crippen LogP contribution in [-0.2, 0) is 4.79 Å². The molecule has 0 heterocycles. The first-order chi connectivity index (χ1) is 11.4. The van der Waals surface area contributed by atoms with Gasteiger partial charge in [0.25, 0.3) is 0 Å². The third kappa shape index (κ3) is 4.00. The number of aliphatic hydroxyl groups excluding tert-OH is 1. The fraction of sp³-hybridized carbons (Fsp3) is 0.667. The summed E-state index contributed by atoms with van der Waals surface area (Å²) in [6, 6.07) is 0. The Morgan fingerprint density at radius 3 is 2.46 bits per heavy atom. The van der Waals surface area contributed by atoms with Gasteiger partial charge in [-0.2, -0.15) is 0 Å². The highest BCUT2D eigenvalue weighted by Crippen LogP contribution is 2.53. The van der Waals surface area contributed by atoms with Gasteiger partial charge < -0.3 is 10.2 Å². The lowest BCUT2D eigenvalue weighted by Crippen LogP contribution is -2.48. The molecule has 134 valence electrons. The van der Waals surface area contributed by atoms with E-state index in [0.717, 1.165) is 19.3 Å². The molecular formula is C21H32O3. The molecule has 0 radical (unpaired) electrons. The minimum Gasteiger partial charge on any atom is -0.478 e. The number of carboxylic acids is 1. The van der Waals surface area contributed by atoms with Crippen molar-refractivity contribution in [3.05, 3.63) is 36.0 Å². The minimum atomic E-state index is -0.919. The molecule has 2 aliphatic rings. The molecule has 2 rings (SSSR count). The molecule has 2 N–H and O–H groups in total. The zero-order chi connectivity index (χ0) is 17.9. The highest BCUT2D eigenvalue weighted by Gasteiger charge is 2.48. The van der Waals surface area contributed by atoms with Crippen LogP contribution < -0.4 is 0 Å². The van der Waals surface area contributed by atoms with Crippen molar-refractivity contribution in [1.82, 2.24) is 0 Å². The lowest BCUT2D eigenvalue weighted by atomic mass is 9.53. The number of aliphatic carboxylic acids is 1. The van der Waals surface area contributed by atoms with Gasteiger partial charge in [-0.15, -0.1) is 0 Å². The van der Waals surface area contributed by atoms with Gasteiger partial charge in [-0.3, -0.25) is 0 Å². The number of rotatable bonds is 4. The number of carboxylic acid groups (broad SMARTS) is 1. The third-order valence-electron chi connectivity index (χ3n) is 6.34. The molecule has 2 fully saturated rings. The molecule has 0 bridgehead atoms. The van der Waals surface area contributed by atoms with E-state index in [1.165, 1.54) is 11.6 Å². The monoisotopic (exact) mass is 332 g/mol. The van der Waals surface area contributed by atoms with Gasteiger partial charge in [0.05, 0.1) is 6.10 Å². The predicted octanol–water partition coefficient (Wildman–Crippen LogP) is 4.45. The van der Waals surface area contributed by atoms with Crippen molar-refractivity contribution in [3.8, 4) is 0 Å². The Bertz CT molecular complexity index is 531. The Kier molecular flexibility index (Phi) is 6.45. The van der Waals surface area contributed by atoms with E-state index in [-0.39, 0.29) is 6.10 Å². The summed E-state index contributed by atoms with van der Waals surface area (Å²) < 4.78 is 0. The Labute approximate surface area is 146 Å². The lowest BCUT2D eigenvalue weighted by Gasteiger charge is -2.52. The summed E-state index contributed by atoms with van der Waals surface area (Å²) in [5.41, 5.74) is 1.41.